The van der Waals surface area contributed by atoms with Crippen molar-refractivity contribution in [3.05, 3.63) is 23.2 Å². The minimum atomic E-state index is -3.71. The lowest BCUT2D eigenvalue weighted by Gasteiger charge is -2.23. The van der Waals surface area contributed by atoms with Gasteiger partial charge < -0.3 is 15.2 Å². The van der Waals surface area contributed by atoms with Crippen LogP contribution in [0.25, 0.3) is 0 Å². The summed E-state index contributed by atoms with van der Waals surface area (Å²) in [7, 11) is -3.71. The van der Waals surface area contributed by atoms with Crippen LogP contribution >= 0.6 is 11.6 Å². The highest BCUT2D eigenvalue weighted by Gasteiger charge is 2.21. The monoisotopic (exact) mass is 348 g/mol. The molecule has 1 heterocycles. The van der Waals surface area contributed by atoms with Gasteiger partial charge in [-0.05, 0) is 37.5 Å². The molecular formula is C14H21ClN2O4S. The lowest BCUT2D eigenvalue weighted by Crippen LogP contribution is -2.30. The van der Waals surface area contributed by atoms with Crippen LogP contribution in [0.2, 0.25) is 5.02 Å². The van der Waals surface area contributed by atoms with Gasteiger partial charge in [-0.2, -0.15) is 0 Å². The Balaban J connectivity index is 2.13. The van der Waals surface area contributed by atoms with E-state index in [2.05, 4.69) is 4.72 Å². The standard InChI is InChI=1S/C14H21ClN2O4S/c15-11-4-5-13(21-10-12-3-1-2-8-20-12)14(9-11)22(18,19)17-7-6-16/h4-5,9,12,17H,1-3,6-8,10,16H2. The molecule has 1 aliphatic heterocycles. The van der Waals surface area contributed by atoms with E-state index in [0.29, 0.717) is 11.6 Å². The Morgan fingerprint density at radius 3 is 2.91 bits per heavy atom. The van der Waals surface area contributed by atoms with Crippen molar-refractivity contribution >= 4 is 21.6 Å². The number of halogens is 1. The Hall–Kier alpha value is -0.860. The molecule has 1 unspecified atom stereocenters. The van der Waals surface area contributed by atoms with Gasteiger partial charge in [0.05, 0.1) is 6.10 Å². The summed E-state index contributed by atoms with van der Waals surface area (Å²) in [4.78, 5) is 0.0178. The molecule has 22 heavy (non-hydrogen) atoms. The van der Waals surface area contributed by atoms with Crippen molar-refractivity contribution in [1.29, 1.82) is 0 Å². The zero-order valence-electron chi connectivity index (χ0n) is 12.3. The van der Waals surface area contributed by atoms with Gasteiger partial charge in [0.25, 0.3) is 0 Å². The summed E-state index contributed by atoms with van der Waals surface area (Å²) in [6, 6.07) is 4.53. The van der Waals surface area contributed by atoms with E-state index in [-0.39, 0.29) is 29.8 Å². The molecular weight excluding hydrogens is 328 g/mol. The summed E-state index contributed by atoms with van der Waals surface area (Å²) < 4.78 is 38.2. The van der Waals surface area contributed by atoms with Crippen LogP contribution in [0, 0.1) is 0 Å². The van der Waals surface area contributed by atoms with Gasteiger partial charge in [-0.3, -0.25) is 0 Å². The number of ether oxygens (including phenoxy) is 2. The second kappa shape index (κ2) is 8.12. The van der Waals surface area contributed by atoms with Crippen molar-refractivity contribution in [2.45, 2.75) is 30.3 Å². The van der Waals surface area contributed by atoms with Crippen LogP contribution < -0.4 is 15.2 Å². The number of benzene rings is 1. The molecule has 0 bridgehead atoms. The van der Waals surface area contributed by atoms with E-state index in [9.17, 15) is 8.42 Å². The number of rotatable bonds is 7. The molecule has 1 aliphatic rings. The third-order valence-corrected chi connectivity index (χ3v) is 5.05. The zero-order valence-corrected chi connectivity index (χ0v) is 13.8. The molecule has 1 aromatic carbocycles. The topological polar surface area (TPSA) is 90.7 Å². The first-order chi connectivity index (χ1) is 10.5. The number of nitrogens with two attached hydrogens (primary N) is 1. The molecule has 1 atom stereocenters. The van der Waals surface area contributed by atoms with Crippen LogP contribution in [0.5, 0.6) is 5.75 Å². The Labute approximate surface area is 136 Å². The van der Waals surface area contributed by atoms with Gasteiger partial charge in [0, 0.05) is 24.7 Å². The first-order valence-corrected chi connectivity index (χ1v) is 9.13. The van der Waals surface area contributed by atoms with Crippen LogP contribution in [0.15, 0.2) is 23.1 Å². The molecule has 6 nitrogen and oxygen atoms in total. The lowest BCUT2D eigenvalue weighted by atomic mass is 10.1. The Bertz CT molecular complexity index is 589. The molecule has 1 saturated heterocycles. The Morgan fingerprint density at radius 2 is 2.23 bits per heavy atom. The van der Waals surface area contributed by atoms with E-state index in [4.69, 9.17) is 26.8 Å². The minimum Gasteiger partial charge on any atom is -0.489 e. The normalized spacial score (nSPS) is 19.1. The summed E-state index contributed by atoms with van der Waals surface area (Å²) >= 11 is 5.91. The molecule has 0 aliphatic carbocycles. The number of sulfonamides is 1. The van der Waals surface area contributed by atoms with Crippen molar-refractivity contribution < 1.29 is 17.9 Å². The van der Waals surface area contributed by atoms with Gasteiger partial charge in [0.1, 0.15) is 17.3 Å². The fraction of sp³-hybridized carbons (Fsp3) is 0.571. The molecule has 0 spiro atoms. The second-order valence-corrected chi connectivity index (χ2v) is 7.25. The van der Waals surface area contributed by atoms with Crippen molar-refractivity contribution in [2.75, 3.05) is 26.3 Å². The molecule has 1 fully saturated rings. The first-order valence-electron chi connectivity index (χ1n) is 7.26. The summed E-state index contributed by atoms with van der Waals surface area (Å²) in [6.45, 7) is 1.41. The van der Waals surface area contributed by atoms with Gasteiger partial charge >= 0.3 is 0 Å². The van der Waals surface area contributed by atoms with E-state index < -0.39 is 10.0 Å². The van der Waals surface area contributed by atoms with Crippen molar-refractivity contribution in [2.24, 2.45) is 5.73 Å². The van der Waals surface area contributed by atoms with Crippen LogP contribution in [0.4, 0.5) is 0 Å². The largest absolute Gasteiger partial charge is 0.489 e. The Kier molecular flexibility index (Phi) is 6.46. The third kappa shape index (κ3) is 4.82. The Morgan fingerprint density at radius 1 is 1.41 bits per heavy atom. The molecule has 0 amide bonds. The van der Waals surface area contributed by atoms with Crippen molar-refractivity contribution in [1.82, 2.24) is 4.72 Å². The molecule has 0 radical (unpaired) electrons. The van der Waals surface area contributed by atoms with Crippen molar-refractivity contribution in [3.8, 4) is 5.75 Å². The first kappa shape index (κ1) is 17.5. The highest BCUT2D eigenvalue weighted by atomic mass is 35.5. The minimum absolute atomic E-state index is 0.00279. The average Bonchev–Trinajstić information content (AvgIpc) is 2.53. The van der Waals surface area contributed by atoms with Gasteiger partial charge in [-0.1, -0.05) is 11.6 Å². The zero-order chi connectivity index (χ0) is 16.0. The smallest absolute Gasteiger partial charge is 0.244 e. The quantitative estimate of drug-likeness (QED) is 0.779. The van der Waals surface area contributed by atoms with E-state index in [1.54, 1.807) is 12.1 Å². The molecule has 1 aromatic rings. The summed E-state index contributed by atoms with van der Waals surface area (Å²) in [5, 5.41) is 0.328. The lowest BCUT2D eigenvalue weighted by molar-refractivity contribution is -0.0116. The SMILES string of the molecule is NCCNS(=O)(=O)c1cc(Cl)ccc1OCC1CCCCO1. The number of hydrogen-bond acceptors (Lipinski definition) is 5. The molecule has 3 N–H and O–H groups in total. The maximum Gasteiger partial charge on any atom is 0.244 e. The fourth-order valence-electron chi connectivity index (χ4n) is 2.20. The van der Waals surface area contributed by atoms with Gasteiger partial charge in [-0.15, -0.1) is 0 Å². The van der Waals surface area contributed by atoms with Crippen molar-refractivity contribution in [3.63, 3.8) is 0 Å². The highest BCUT2D eigenvalue weighted by molar-refractivity contribution is 7.89. The van der Waals surface area contributed by atoms with Crippen LogP contribution in [-0.2, 0) is 14.8 Å². The van der Waals surface area contributed by atoms with E-state index in [0.717, 1.165) is 25.9 Å². The van der Waals surface area contributed by atoms with Crippen LogP contribution in [-0.4, -0.2) is 40.8 Å². The summed E-state index contributed by atoms with van der Waals surface area (Å²) in [5.74, 6) is 0.267. The number of hydrogen-bond donors (Lipinski definition) is 2. The van der Waals surface area contributed by atoms with E-state index in [1.807, 2.05) is 0 Å². The average molecular weight is 349 g/mol. The predicted octanol–water partition coefficient (Wildman–Crippen LogP) is 1.52. The van der Waals surface area contributed by atoms with Gasteiger partial charge in [-0.25, -0.2) is 13.1 Å². The van der Waals surface area contributed by atoms with Crippen LogP contribution in [0.1, 0.15) is 19.3 Å². The second-order valence-electron chi connectivity index (χ2n) is 5.08. The maximum atomic E-state index is 12.3. The molecule has 124 valence electrons. The highest BCUT2D eigenvalue weighted by Crippen LogP contribution is 2.28. The number of nitrogens with one attached hydrogen (secondary N) is 1. The summed E-state index contributed by atoms with van der Waals surface area (Å²) in [5.41, 5.74) is 5.34. The summed E-state index contributed by atoms with van der Waals surface area (Å²) in [6.07, 6.45) is 3.07. The molecule has 0 aromatic heterocycles. The molecule has 2 rings (SSSR count). The van der Waals surface area contributed by atoms with Crippen LogP contribution in [0.3, 0.4) is 0 Å². The van der Waals surface area contributed by atoms with E-state index in [1.165, 1.54) is 6.07 Å². The van der Waals surface area contributed by atoms with Gasteiger partial charge in [0.2, 0.25) is 10.0 Å². The fourth-order valence-corrected chi connectivity index (χ4v) is 3.66. The predicted molar refractivity (Wildman–Crippen MR) is 84.8 cm³/mol. The molecule has 8 heteroatoms. The maximum absolute atomic E-state index is 12.3. The van der Waals surface area contributed by atoms with E-state index >= 15 is 0 Å². The van der Waals surface area contributed by atoms with Gasteiger partial charge in [0.15, 0.2) is 0 Å². The molecule has 0 saturated carbocycles. The third-order valence-electron chi connectivity index (χ3n) is 3.33.